The minimum atomic E-state index is -0.146. The molecule has 0 aliphatic carbocycles. The Hall–Kier alpha value is -0.320. The molecule has 0 bridgehead atoms. The van der Waals surface area contributed by atoms with E-state index in [4.69, 9.17) is 23.2 Å². The number of rotatable bonds is 2. The van der Waals surface area contributed by atoms with Gasteiger partial charge in [0.25, 0.3) is 0 Å². The highest BCUT2D eigenvalue weighted by Crippen LogP contribution is 2.26. The van der Waals surface area contributed by atoms with Crippen molar-refractivity contribution in [1.82, 2.24) is 4.90 Å². The van der Waals surface area contributed by atoms with Gasteiger partial charge in [-0.15, -0.1) is 0 Å². The Kier molecular flexibility index (Phi) is 3.95. The van der Waals surface area contributed by atoms with Gasteiger partial charge >= 0.3 is 0 Å². The Bertz CT molecular complexity index is 379. The van der Waals surface area contributed by atoms with E-state index < -0.39 is 0 Å². The van der Waals surface area contributed by atoms with E-state index in [1.807, 2.05) is 18.2 Å². The topological polar surface area (TPSA) is 26.3 Å². The van der Waals surface area contributed by atoms with Gasteiger partial charge in [0, 0.05) is 35.2 Å². The van der Waals surface area contributed by atoms with Crippen molar-refractivity contribution in [2.24, 2.45) is 0 Å². The fraction of sp³-hybridized carbons (Fsp3) is 0.500. The molecule has 0 N–H and O–H groups in total. The van der Waals surface area contributed by atoms with E-state index in [1.165, 1.54) is 0 Å². The summed E-state index contributed by atoms with van der Waals surface area (Å²) in [6.45, 7) is 3.56. The van der Waals surface area contributed by atoms with Gasteiger partial charge in [-0.3, -0.25) is 4.90 Å². The second-order valence-electron chi connectivity index (χ2n) is 4.72. The Balaban J connectivity index is 2.03. The third-order valence-electron chi connectivity index (χ3n) is 3.22. The van der Waals surface area contributed by atoms with Crippen molar-refractivity contribution >= 4 is 23.2 Å². The number of hydrogen-bond acceptors (Lipinski definition) is 2. The molecule has 0 aromatic heterocycles. The lowest BCUT2D eigenvalue weighted by molar-refractivity contribution is -0.865. The molecule has 2 rings (SSSR count). The van der Waals surface area contributed by atoms with Gasteiger partial charge in [-0.1, -0.05) is 29.3 Å². The first-order valence-electron chi connectivity index (χ1n) is 5.69. The molecular formula is C12H16Cl2N2O. The van der Waals surface area contributed by atoms with Crippen LogP contribution in [0.5, 0.6) is 0 Å². The molecule has 0 amide bonds. The van der Waals surface area contributed by atoms with Crippen molar-refractivity contribution < 1.29 is 4.65 Å². The number of nitrogens with zero attached hydrogens (tertiary/aromatic N) is 2. The summed E-state index contributed by atoms with van der Waals surface area (Å²) in [5.41, 5.74) is 0.956. The highest BCUT2D eigenvalue weighted by atomic mass is 35.5. The van der Waals surface area contributed by atoms with Crippen LogP contribution in [0.3, 0.4) is 0 Å². The van der Waals surface area contributed by atoms with Crippen LogP contribution < -0.4 is 0 Å². The molecule has 1 aromatic carbocycles. The quantitative estimate of drug-likeness (QED) is 0.613. The Morgan fingerprint density at radius 2 is 1.76 bits per heavy atom. The summed E-state index contributed by atoms with van der Waals surface area (Å²) in [6.07, 6.45) is 0. The summed E-state index contributed by atoms with van der Waals surface area (Å²) in [4.78, 5) is 2.23. The van der Waals surface area contributed by atoms with Gasteiger partial charge in [-0.05, 0) is 12.1 Å². The molecule has 0 atom stereocenters. The normalized spacial score (nSPS) is 20.5. The average molecular weight is 275 g/mol. The molecule has 5 heteroatoms. The molecule has 3 nitrogen and oxygen atoms in total. The van der Waals surface area contributed by atoms with Gasteiger partial charge in [0.05, 0.1) is 20.1 Å². The van der Waals surface area contributed by atoms with E-state index >= 15 is 0 Å². The summed E-state index contributed by atoms with van der Waals surface area (Å²) >= 11 is 12.3. The molecule has 0 saturated carbocycles. The minimum absolute atomic E-state index is 0.146. The predicted molar refractivity (Wildman–Crippen MR) is 71.0 cm³/mol. The molecule has 17 heavy (non-hydrogen) atoms. The van der Waals surface area contributed by atoms with E-state index in [2.05, 4.69) is 4.90 Å². The molecule has 94 valence electrons. The molecule has 1 aliphatic rings. The fourth-order valence-electron chi connectivity index (χ4n) is 1.99. The number of halogens is 2. The molecule has 1 heterocycles. The molecule has 0 radical (unpaired) electrons. The lowest BCUT2D eigenvalue weighted by atomic mass is 10.2. The first-order valence-corrected chi connectivity index (χ1v) is 6.44. The second kappa shape index (κ2) is 5.12. The van der Waals surface area contributed by atoms with Gasteiger partial charge in [0.2, 0.25) is 0 Å². The van der Waals surface area contributed by atoms with Crippen molar-refractivity contribution in [3.05, 3.63) is 39.0 Å². The maximum Gasteiger partial charge on any atom is 0.0911 e. The number of likely N-dealkylation sites (N-methyl/N-ethyl adjacent to an activating group) is 1. The third-order valence-corrected chi connectivity index (χ3v) is 3.93. The van der Waals surface area contributed by atoms with E-state index in [0.717, 1.165) is 25.2 Å². The lowest BCUT2D eigenvalue weighted by Crippen LogP contribution is -2.53. The zero-order valence-corrected chi connectivity index (χ0v) is 11.3. The summed E-state index contributed by atoms with van der Waals surface area (Å²) in [7, 11) is 1.72. The number of hydrogen-bond donors (Lipinski definition) is 0. The van der Waals surface area contributed by atoms with Crippen LogP contribution in [0.4, 0.5) is 0 Å². The number of hydroxylamine groups is 3. The van der Waals surface area contributed by atoms with Crippen LogP contribution in [0, 0.1) is 5.21 Å². The van der Waals surface area contributed by atoms with Crippen LogP contribution in [0.15, 0.2) is 18.2 Å². The van der Waals surface area contributed by atoms with Crippen LogP contribution in [-0.4, -0.2) is 42.8 Å². The van der Waals surface area contributed by atoms with Crippen molar-refractivity contribution in [3.63, 3.8) is 0 Å². The van der Waals surface area contributed by atoms with Crippen LogP contribution in [0.1, 0.15) is 5.56 Å². The van der Waals surface area contributed by atoms with Gasteiger partial charge in [0.15, 0.2) is 0 Å². The van der Waals surface area contributed by atoms with Gasteiger partial charge in [-0.2, -0.15) is 0 Å². The first-order chi connectivity index (χ1) is 7.98. The van der Waals surface area contributed by atoms with Crippen LogP contribution in [0.25, 0.3) is 0 Å². The van der Waals surface area contributed by atoms with Gasteiger partial charge in [0.1, 0.15) is 0 Å². The van der Waals surface area contributed by atoms with Crippen molar-refractivity contribution in [2.45, 2.75) is 6.54 Å². The molecule has 1 fully saturated rings. The fourth-order valence-corrected chi connectivity index (χ4v) is 2.51. The van der Waals surface area contributed by atoms with Crippen LogP contribution in [0.2, 0.25) is 10.0 Å². The van der Waals surface area contributed by atoms with E-state index in [0.29, 0.717) is 23.1 Å². The van der Waals surface area contributed by atoms with Gasteiger partial charge in [-0.25, -0.2) is 0 Å². The molecule has 1 aliphatic heterocycles. The molecule has 1 saturated heterocycles. The maximum atomic E-state index is 11.7. The second-order valence-corrected chi connectivity index (χ2v) is 5.53. The summed E-state index contributed by atoms with van der Waals surface area (Å²) in [6, 6.07) is 5.54. The SMILES string of the molecule is C[N+]1([O-])CCN(Cc2c(Cl)cccc2Cl)CC1. The number of quaternary nitrogens is 1. The Morgan fingerprint density at radius 3 is 2.29 bits per heavy atom. The zero-order valence-electron chi connectivity index (χ0n) is 9.83. The molecular weight excluding hydrogens is 259 g/mol. The maximum absolute atomic E-state index is 11.7. The standard InChI is InChI=1S/C12H16Cl2N2O/c1-16(17)7-5-15(6-8-16)9-10-11(13)3-2-4-12(10)14/h2-4H,5-9H2,1H3. The van der Waals surface area contributed by atoms with E-state index in [1.54, 1.807) is 7.05 Å². The van der Waals surface area contributed by atoms with Crippen molar-refractivity contribution in [1.29, 1.82) is 0 Å². The summed E-state index contributed by atoms with van der Waals surface area (Å²) in [5, 5.41) is 13.1. The summed E-state index contributed by atoms with van der Waals surface area (Å²) < 4.78 is -0.146. The Labute approximate surface area is 112 Å². The molecule has 0 unspecified atom stereocenters. The van der Waals surface area contributed by atoms with Crippen molar-refractivity contribution in [2.75, 3.05) is 33.2 Å². The smallest absolute Gasteiger partial charge is 0.0911 e. The monoisotopic (exact) mass is 274 g/mol. The lowest BCUT2D eigenvalue weighted by Gasteiger charge is -2.45. The molecule has 0 spiro atoms. The zero-order chi connectivity index (χ0) is 12.5. The van der Waals surface area contributed by atoms with Crippen LogP contribution in [-0.2, 0) is 6.54 Å². The molecule has 1 aromatic rings. The predicted octanol–water partition coefficient (Wildman–Crippen LogP) is 2.75. The number of piperazine rings is 1. The minimum Gasteiger partial charge on any atom is -0.633 e. The highest BCUT2D eigenvalue weighted by Gasteiger charge is 2.22. The van der Waals surface area contributed by atoms with Crippen molar-refractivity contribution in [3.8, 4) is 0 Å². The summed E-state index contributed by atoms with van der Waals surface area (Å²) in [5.74, 6) is 0. The third kappa shape index (κ3) is 3.33. The first kappa shape index (κ1) is 13.1. The van der Waals surface area contributed by atoms with E-state index in [-0.39, 0.29) is 4.65 Å². The van der Waals surface area contributed by atoms with E-state index in [9.17, 15) is 5.21 Å². The van der Waals surface area contributed by atoms with Gasteiger partial charge < -0.3 is 9.85 Å². The number of benzene rings is 1. The van der Waals surface area contributed by atoms with Crippen LogP contribution >= 0.6 is 23.2 Å². The average Bonchev–Trinajstić information content (AvgIpc) is 2.26. The largest absolute Gasteiger partial charge is 0.633 e. The Morgan fingerprint density at radius 1 is 1.24 bits per heavy atom. The highest BCUT2D eigenvalue weighted by molar-refractivity contribution is 6.35.